The van der Waals surface area contributed by atoms with Gasteiger partial charge in [0.15, 0.2) is 0 Å². The molecule has 1 unspecified atom stereocenters. The molecule has 0 heterocycles. The van der Waals surface area contributed by atoms with Gasteiger partial charge in [0.05, 0.1) is 6.10 Å². The molecule has 0 aromatic heterocycles. The van der Waals surface area contributed by atoms with Gasteiger partial charge in [-0.15, -0.1) is 0 Å². The lowest BCUT2D eigenvalue weighted by Gasteiger charge is -2.22. The Morgan fingerprint density at radius 3 is 2.61 bits per heavy atom. The van der Waals surface area contributed by atoms with Crippen molar-refractivity contribution < 1.29 is 9.84 Å². The average molecular weight is 272 g/mol. The zero-order valence-electron chi connectivity index (χ0n) is 11.5. The van der Waals surface area contributed by atoms with Gasteiger partial charge in [-0.2, -0.15) is 0 Å². The van der Waals surface area contributed by atoms with Gasteiger partial charge in [-0.25, -0.2) is 0 Å². The average Bonchev–Trinajstić information content (AvgIpc) is 2.23. The van der Waals surface area contributed by atoms with Crippen molar-refractivity contribution in [2.24, 2.45) is 0 Å². The highest BCUT2D eigenvalue weighted by Gasteiger charge is 2.13. The number of hydrogen-bond acceptors (Lipinski definition) is 3. The maximum absolute atomic E-state index is 9.26. The number of halogens is 1. The van der Waals surface area contributed by atoms with E-state index in [0.717, 1.165) is 11.3 Å². The Hall–Kier alpha value is -0.770. The molecular formula is C14H22ClNO2. The second kappa shape index (κ2) is 6.41. The molecule has 0 aliphatic heterocycles. The molecule has 0 radical (unpaired) electrons. The van der Waals surface area contributed by atoms with Gasteiger partial charge in [-0.1, -0.05) is 17.7 Å². The van der Waals surface area contributed by atoms with Crippen LogP contribution in [0.5, 0.6) is 5.75 Å². The van der Waals surface area contributed by atoms with Gasteiger partial charge < -0.3 is 15.2 Å². The lowest BCUT2D eigenvalue weighted by Crippen LogP contribution is -2.35. The number of ether oxygens (including phenoxy) is 1. The van der Waals surface area contributed by atoms with Gasteiger partial charge in [-0.3, -0.25) is 0 Å². The van der Waals surface area contributed by atoms with Crippen LogP contribution in [-0.2, 0) is 6.54 Å². The van der Waals surface area contributed by atoms with Crippen molar-refractivity contribution in [2.75, 3.05) is 6.61 Å². The van der Waals surface area contributed by atoms with Crippen molar-refractivity contribution in [1.29, 1.82) is 0 Å². The normalized spacial score (nSPS) is 13.4. The van der Waals surface area contributed by atoms with Crippen LogP contribution in [0, 0.1) is 0 Å². The quantitative estimate of drug-likeness (QED) is 0.865. The third kappa shape index (κ3) is 5.25. The number of aliphatic hydroxyl groups excluding tert-OH is 1. The number of aliphatic hydroxyl groups is 1. The second-order valence-electron chi connectivity index (χ2n) is 5.48. The molecule has 0 amide bonds. The molecule has 1 atom stereocenters. The van der Waals surface area contributed by atoms with Crippen LogP contribution >= 0.6 is 11.6 Å². The van der Waals surface area contributed by atoms with Crippen LogP contribution < -0.4 is 10.1 Å². The molecule has 0 bridgehead atoms. The van der Waals surface area contributed by atoms with Crippen molar-refractivity contribution in [3.8, 4) is 5.75 Å². The summed E-state index contributed by atoms with van der Waals surface area (Å²) in [6.45, 7) is 8.89. The first-order valence-corrected chi connectivity index (χ1v) is 6.50. The summed E-state index contributed by atoms with van der Waals surface area (Å²) >= 11 is 6.19. The molecular weight excluding hydrogens is 250 g/mol. The summed E-state index contributed by atoms with van der Waals surface area (Å²) < 4.78 is 5.57. The third-order valence-corrected chi connectivity index (χ3v) is 2.71. The van der Waals surface area contributed by atoms with Gasteiger partial charge in [-0.05, 0) is 39.8 Å². The van der Waals surface area contributed by atoms with E-state index in [2.05, 4.69) is 26.1 Å². The molecule has 3 nitrogen and oxygen atoms in total. The standard InChI is InChI=1S/C14H22ClNO2/c1-10(17)9-18-13-7-5-6-12(15)11(13)8-16-14(2,3)4/h5-7,10,16-17H,8-9H2,1-4H3. The van der Waals surface area contributed by atoms with Crippen LogP contribution in [0.4, 0.5) is 0 Å². The van der Waals surface area contributed by atoms with Gasteiger partial charge in [0, 0.05) is 22.7 Å². The number of hydrogen-bond donors (Lipinski definition) is 2. The molecule has 4 heteroatoms. The molecule has 0 aliphatic rings. The number of rotatable bonds is 5. The number of nitrogens with one attached hydrogen (secondary N) is 1. The maximum atomic E-state index is 9.26. The van der Waals surface area contributed by atoms with E-state index in [4.69, 9.17) is 16.3 Å². The summed E-state index contributed by atoms with van der Waals surface area (Å²) in [6.07, 6.45) is -0.493. The molecule has 0 aliphatic carbocycles. The van der Waals surface area contributed by atoms with E-state index in [1.165, 1.54) is 0 Å². The van der Waals surface area contributed by atoms with E-state index >= 15 is 0 Å². The van der Waals surface area contributed by atoms with Crippen molar-refractivity contribution in [1.82, 2.24) is 5.32 Å². The van der Waals surface area contributed by atoms with Crippen molar-refractivity contribution in [3.05, 3.63) is 28.8 Å². The molecule has 1 rings (SSSR count). The predicted octanol–water partition coefficient (Wildman–Crippen LogP) is 2.99. The Bertz CT molecular complexity index is 386. The van der Waals surface area contributed by atoms with Crippen LogP contribution in [0.2, 0.25) is 5.02 Å². The fourth-order valence-corrected chi connectivity index (χ4v) is 1.64. The van der Waals surface area contributed by atoms with Crippen molar-refractivity contribution >= 4 is 11.6 Å². The van der Waals surface area contributed by atoms with Crippen LogP contribution in [0.15, 0.2) is 18.2 Å². The summed E-state index contributed by atoms with van der Waals surface area (Å²) in [7, 11) is 0. The van der Waals surface area contributed by atoms with Crippen molar-refractivity contribution in [2.45, 2.75) is 45.9 Å². The van der Waals surface area contributed by atoms with Gasteiger partial charge in [0.2, 0.25) is 0 Å². The highest BCUT2D eigenvalue weighted by Crippen LogP contribution is 2.27. The fraction of sp³-hybridized carbons (Fsp3) is 0.571. The molecule has 0 spiro atoms. The predicted molar refractivity (Wildman–Crippen MR) is 75.2 cm³/mol. The van der Waals surface area contributed by atoms with Gasteiger partial charge in [0.1, 0.15) is 12.4 Å². The Morgan fingerprint density at radius 2 is 2.06 bits per heavy atom. The van der Waals surface area contributed by atoms with E-state index < -0.39 is 6.10 Å². The summed E-state index contributed by atoms with van der Waals surface area (Å²) in [5, 5.41) is 13.3. The maximum Gasteiger partial charge on any atom is 0.125 e. The minimum atomic E-state index is -0.493. The van der Waals surface area contributed by atoms with E-state index in [0.29, 0.717) is 11.6 Å². The second-order valence-corrected chi connectivity index (χ2v) is 5.89. The first kappa shape index (κ1) is 15.3. The zero-order valence-corrected chi connectivity index (χ0v) is 12.2. The molecule has 0 fully saturated rings. The summed E-state index contributed by atoms with van der Waals surface area (Å²) in [6, 6.07) is 5.56. The largest absolute Gasteiger partial charge is 0.491 e. The minimum absolute atomic E-state index is 0.0146. The Kier molecular flexibility index (Phi) is 5.45. The Morgan fingerprint density at radius 1 is 1.39 bits per heavy atom. The lowest BCUT2D eigenvalue weighted by atomic mass is 10.1. The van der Waals surface area contributed by atoms with Crippen LogP contribution in [0.3, 0.4) is 0 Å². The first-order valence-electron chi connectivity index (χ1n) is 6.13. The highest BCUT2D eigenvalue weighted by atomic mass is 35.5. The molecule has 18 heavy (non-hydrogen) atoms. The van der Waals surface area contributed by atoms with Gasteiger partial charge >= 0.3 is 0 Å². The van der Waals surface area contributed by atoms with Gasteiger partial charge in [0.25, 0.3) is 0 Å². The third-order valence-electron chi connectivity index (χ3n) is 2.35. The molecule has 2 N–H and O–H groups in total. The smallest absolute Gasteiger partial charge is 0.125 e. The van der Waals surface area contributed by atoms with E-state index in [1.54, 1.807) is 6.92 Å². The summed E-state index contributed by atoms with van der Waals surface area (Å²) in [4.78, 5) is 0. The van der Waals surface area contributed by atoms with Crippen molar-refractivity contribution in [3.63, 3.8) is 0 Å². The zero-order chi connectivity index (χ0) is 13.8. The van der Waals surface area contributed by atoms with Crippen LogP contribution in [0.1, 0.15) is 33.3 Å². The molecule has 1 aromatic rings. The minimum Gasteiger partial charge on any atom is -0.491 e. The topological polar surface area (TPSA) is 41.5 Å². The van der Waals surface area contributed by atoms with E-state index in [-0.39, 0.29) is 12.1 Å². The molecule has 0 saturated heterocycles. The SMILES string of the molecule is CC(O)COc1cccc(Cl)c1CNC(C)(C)C. The summed E-state index contributed by atoms with van der Waals surface area (Å²) in [5.74, 6) is 0.722. The van der Waals surface area contributed by atoms with Crippen LogP contribution in [0.25, 0.3) is 0 Å². The first-order chi connectivity index (χ1) is 8.29. The summed E-state index contributed by atoms with van der Waals surface area (Å²) in [5.41, 5.74) is 0.940. The fourth-order valence-electron chi connectivity index (χ4n) is 1.41. The molecule has 1 aromatic carbocycles. The Balaban J connectivity index is 2.80. The number of benzene rings is 1. The monoisotopic (exact) mass is 271 g/mol. The molecule has 102 valence electrons. The van der Waals surface area contributed by atoms with Crippen LogP contribution in [-0.4, -0.2) is 23.4 Å². The lowest BCUT2D eigenvalue weighted by molar-refractivity contribution is 0.122. The molecule has 0 saturated carbocycles. The highest BCUT2D eigenvalue weighted by molar-refractivity contribution is 6.31. The van der Waals surface area contributed by atoms with E-state index in [9.17, 15) is 5.11 Å². The Labute approximate surface area is 114 Å². The van der Waals surface area contributed by atoms with E-state index in [1.807, 2.05) is 18.2 Å².